The van der Waals surface area contributed by atoms with E-state index >= 15 is 0 Å². The lowest BCUT2D eigenvalue weighted by Crippen LogP contribution is -2.47. The second-order valence-electron chi connectivity index (χ2n) is 5.67. The van der Waals surface area contributed by atoms with Crippen LogP contribution in [0.3, 0.4) is 0 Å². The van der Waals surface area contributed by atoms with Crippen molar-refractivity contribution in [1.82, 2.24) is 10.6 Å². The Morgan fingerprint density at radius 3 is 1.68 bits per heavy atom. The summed E-state index contributed by atoms with van der Waals surface area (Å²) in [6.45, 7) is 11.1. The molecule has 116 valence electrons. The van der Waals surface area contributed by atoms with Gasteiger partial charge in [-0.2, -0.15) is 0 Å². The first kappa shape index (κ1) is 18.9. The van der Waals surface area contributed by atoms with Crippen LogP contribution in [0.5, 0.6) is 0 Å². The normalized spacial score (nSPS) is 13.1. The average Bonchev–Trinajstić information content (AvgIpc) is 2.42. The van der Waals surface area contributed by atoms with Crippen LogP contribution in [-0.4, -0.2) is 19.3 Å². The molecule has 0 aliphatic heterocycles. The molecule has 0 radical (unpaired) electrons. The molecule has 2 N–H and O–H groups in total. The first-order chi connectivity index (χ1) is 9.29. The third-order valence-electron chi connectivity index (χ3n) is 4.02. The van der Waals surface area contributed by atoms with Crippen molar-refractivity contribution in [2.75, 3.05) is 13.1 Å². The van der Waals surface area contributed by atoms with Gasteiger partial charge < -0.3 is 10.6 Å². The number of hydrogen-bond donors (Lipinski definition) is 2. The molecular weight excluding hydrogens is 232 g/mol. The Kier molecular flexibility index (Phi) is 14.3. The van der Waals surface area contributed by atoms with E-state index in [0.29, 0.717) is 6.17 Å². The summed E-state index contributed by atoms with van der Waals surface area (Å²) in [4.78, 5) is 0. The number of unbranched alkanes of at least 4 members (excludes halogenated alkanes) is 6. The molecule has 1 unspecified atom stereocenters. The van der Waals surface area contributed by atoms with Crippen molar-refractivity contribution < 1.29 is 0 Å². The monoisotopic (exact) mass is 270 g/mol. The molecule has 0 saturated heterocycles. The van der Waals surface area contributed by atoms with Crippen molar-refractivity contribution in [3.8, 4) is 0 Å². The minimum Gasteiger partial charge on any atom is -0.302 e. The first-order valence-corrected chi connectivity index (χ1v) is 8.76. The van der Waals surface area contributed by atoms with Crippen molar-refractivity contribution in [1.29, 1.82) is 0 Å². The third-order valence-corrected chi connectivity index (χ3v) is 4.02. The zero-order valence-corrected chi connectivity index (χ0v) is 13.9. The molecule has 0 aromatic carbocycles. The lowest BCUT2D eigenvalue weighted by atomic mass is 9.94. The first-order valence-electron chi connectivity index (χ1n) is 8.76. The molecule has 0 saturated carbocycles. The van der Waals surface area contributed by atoms with E-state index in [4.69, 9.17) is 0 Å². The van der Waals surface area contributed by atoms with E-state index in [1.54, 1.807) is 0 Å². The van der Waals surface area contributed by atoms with E-state index in [1.807, 2.05) is 0 Å². The summed E-state index contributed by atoms with van der Waals surface area (Å²) in [6, 6.07) is 0. The van der Waals surface area contributed by atoms with Crippen LogP contribution in [0.25, 0.3) is 0 Å². The highest BCUT2D eigenvalue weighted by atomic mass is 15.1. The molecule has 0 amide bonds. The van der Waals surface area contributed by atoms with Gasteiger partial charge in [0.05, 0.1) is 6.17 Å². The Hall–Kier alpha value is -0.0800. The smallest absolute Gasteiger partial charge is 0.0600 e. The van der Waals surface area contributed by atoms with Crippen molar-refractivity contribution in [3.05, 3.63) is 0 Å². The van der Waals surface area contributed by atoms with Gasteiger partial charge in [0.15, 0.2) is 0 Å². The highest BCUT2D eigenvalue weighted by molar-refractivity contribution is 4.72. The van der Waals surface area contributed by atoms with E-state index in [9.17, 15) is 0 Å². The molecule has 0 spiro atoms. The van der Waals surface area contributed by atoms with Gasteiger partial charge >= 0.3 is 0 Å². The Balaban J connectivity index is 3.71. The summed E-state index contributed by atoms with van der Waals surface area (Å²) in [6.07, 6.45) is 13.1. The maximum absolute atomic E-state index is 3.59. The van der Waals surface area contributed by atoms with Crippen LogP contribution in [0.15, 0.2) is 0 Å². The van der Waals surface area contributed by atoms with Crippen molar-refractivity contribution in [2.24, 2.45) is 5.92 Å². The van der Waals surface area contributed by atoms with Gasteiger partial charge in [-0.3, -0.25) is 0 Å². The minimum absolute atomic E-state index is 0.514. The van der Waals surface area contributed by atoms with E-state index < -0.39 is 0 Å². The zero-order valence-electron chi connectivity index (χ0n) is 13.9. The highest BCUT2D eigenvalue weighted by Crippen LogP contribution is 2.17. The lowest BCUT2D eigenvalue weighted by molar-refractivity contribution is 0.277. The van der Waals surface area contributed by atoms with E-state index in [-0.39, 0.29) is 0 Å². The van der Waals surface area contributed by atoms with Crippen LogP contribution in [-0.2, 0) is 0 Å². The molecule has 1 atom stereocenters. The molecular formula is C17H38N2. The van der Waals surface area contributed by atoms with Gasteiger partial charge in [-0.05, 0) is 25.4 Å². The lowest BCUT2D eigenvalue weighted by Gasteiger charge is -2.27. The van der Waals surface area contributed by atoms with Gasteiger partial charge in [0.25, 0.3) is 0 Å². The van der Waals surface area contributed by atoms with Gasteiger partial charge in [0.2, 0.25) is 0 Å². The van der Waals surface area contributed by atoms with Gasteiger partial charge in [0, 0.05) is 0 Å². The van der Waals surface area contributed by atoms with Crippen LogP contribution < -0.4 is 10.6 Å². The predicted molar refractivity (Wildman–Crippen MR) is 87.5 cm³/mol. The Labute approximate surface area is 122 Å². The number of nitrogens with one attached hydrogen (secondary N) is 2. The standard InChI is InChI=1S/C17H38N2/c1-5-9-10-11-12-13-14-15-16(6-2)17(18-7-3)19-8-4/h16-19H,5-15H2,1-4H3. The maximum Gasteiger partial charge on any atom is 0.0600 e. The summed E-state index contributed by atoms with van der Waals surface area (Å²) in [5.41, 5.74) is 0. The minimum atomic E-state index is 0.514. The Bertz CT molecular complexity index is 165. The van der Waals surface area contributed by atoms with Crippen molar-refractivity contribution in [2.45, 2.75) is 91.6 Å². The Morgan fingerprint density at radius 2 is 1.21 bits per heavy atom. The average molecular weight is 271 g/mol. The van der Waals surface area contributed by atoms with Crippen molar-refractivity contribution >= 4 is 0 Å². The number of hydrogen-bond acceptors (Lipinski definition) is 2. The van der Waals surface area contributed by atoms with Crippen molar-refractivity contribution in [3.63, 3.8) is 0 Å². The topological polar surface area (TPSA) is 24.1 Å². The highest BCUT2D eigenvalue weighted by Gasteiger charge is 2.17. The molecule has 0 aliphatic carbocycles. The molecule has 0 bridgehead atoms. The molecule has 0 fully saturated rings. The second-order valence-corrected chi connectivity index (χ2v) is 5.67. The fourth-order valence-electron chi connectivity index (χ4n) is 2.82. The fraction of sp³-hybridized carbons (Fsp3) is 1.00. The maximum atomic E-state index is 3.59. The summed E-state index contributed by atoms with van der Waals surface area (Å²) in [5.74, 6) is 0.788. The molecule has 0 heterocycles. The van der Waals surface area contributed by atoms with E-state index in [1.165, 1.54) is 57.8 Å². The predicted octanol–water partition coefficient (Wildman–Crippen LogP) is 4.70. The van der Waals surface area contributed by atoms with Crippen LogP contribution in [0.2, 0.25) is 0 Å². The van der Waals surface area contributed by atoms with E-state index in [2.05, 4.69) is 38.3 Å². The molecule has 0 aromatic rings. The van der Waals surface area contributed by atoms with Crippen LogP contribution in [0.1, 0.15) is 85.5 Å². The summed E-state index contributed by atoms with van der Waals surface area (Å²) in [7, 11) is 0. The Morgan fingerprint density at radius 1 is 0.684 bits per heavy atom. The molecule has 0 aliphatic rings. The summed E-state index contributed by atoms with van der Waals surface area (Å²) < 4.78 is 0. The zero-order chi connectivity index (χ0) is 14.3. The third kappa shape index (κ3) is 10.4. The largest absolute Gasteiger partial charge is 0.302 e. The van der Waals surface area contributed by atoms with Gasteiger partial charge in [-0.25, -0.2) is 0 Å². The second kappa shape index (κ2) is 14.3. The molecule has 2 heteroatoms. The molecule has 2 nitrogen and oxygen atoms in total. The SMILES string of the molecule is CCCCCCCCCC(CC)C(NCC)NCC. The quantitative estimate of drug-likeness (QED) is 0.353. The molecule has 0 aromatic heterocycles. The fourth-order valence-corrected chi connectivity index (χ4v) is 2.82. The van der Waals surface area contributed by atoms with Crippen LogP contribution in [0.4, 0.5) is 0 Å². The van der Waals surface area contributed by atoms with Crippen LogP contribution >= 0.6 is 0 Å². The molecule has 19 heavy (non-hydrogen) atoms. The summed E-state index contributed by atoms with van der Waals surface area (Å²) >= 11 is 0. The molecule has 0 rings (SSSR count). The summed E-state index contributed by atoms with van der Waals surface area (Å²) in [5, 5.41) is 7.18. The van der Waals surface area contributed by atoms with Gasteiger partial charge in [0.1, 0.15) is 0 Å². The van der Waals surface area contributed by atoms with Gasteiger partial charge in [-0.1, -0.05) is 79.1 Å². The van der Waals surface area contributed by atoms with E-state index in [0.717, 1.165) is 19.0 Å². The number of rotatable bonds is 14. The van der Waals surface area contributed by atoms with Gasteiger partial charge in [-0.15, -0.1) is 0 Å². The van der Waals surface area contributed by atoms with Crippen LogP contribution in [0, 0.1) is 5.92 Å².